The van der Waals surface area contributed by atoms with E-state index in [0.29, 0.717) is 0 Å². The van der Waals surface area contributed by atoms with Crippen molar-refractivity contribution in [3.63, 3.8) is 0 Å². The van der Waals surface area contributed by atoms with E-state index in [1.165, 1.54) is 0 Å². The molecule has 20 heavy (non-hydrogen) atoms. The first-order valence-electron chi connectivity index (χ1n) is 5.79. The average Bonchev–Trinajstić information content (AvgIpc) is 2.93. The van der Waals surface area contributed by atoms with Crippen molar-refractivity contribution in [2.45, 2.75) is 36.4 Å². The van der Waals surface area contributed by atoms with Gasteiger partial charge in [0.1, 0.15) is 0 Å². The Balaban J connectivity index is 2.53. The zero-order valence-corrected chi connectivity index (χ0v) is 10.8. The summed E-state index contributed by atoms with van der Waals surface area (Å²) < 4.78 is 18.6. The van der Waals surface area contributed by atoms with Crippen LogP contribution < -0.4 is 0 Å². The molecule has 0 radical (unpaired) electrons. The zero-order chi connectivity index (χ0) is 15.1. The fourth-order valence-electron chi connectivity index (χ4n) is 2.52. The van der Waals surface area contributed by atoms with E-state index in [1.54, 1.807) is 0 Å². The smallest absolute Gasteiger partial charge is 0.351 e. The van der Waals surface area contributed by atoms with Crippen LogP contribution in [0.5, 0.6) is 0 Å². The Morgan fingerprint density at radius 2 is 2.00 bits per heavy atom. The molecule has 2 heterocycles. The molecule has 2 rings (SSSR count). The Morgan fingerprint density at radius 1 is 1.35 bits per heavy atom. The van der Waals surface area contributed by atoms with Gasteiger partial charge >= 0.3 is 17.9 Å². The molecule has 1 spiro atoms. The van der Waals surface area contributed by atoms with Crippen LogP contribution in [-0.4, -0.2) is 65.9 Å². The van der Waals surface area contributed by atoms with Crippen LogP contribution in [0.4, 0.5) is 0 Å². The molecule has 1 unspecified atom stereocenters. The Hall–Kier alpha value is -1.71. The van der Waals surface area contributed by atoms with Crippen molar-refractivity contribution in [1.82, 2.24) is 0 Å². The van der Waals surface area contributed by atoms with Crippen molar-refractivity contribution in [3.8, 4) is 0 Å². The van der Waals surface area contributed by atoms with Gasteiger partial charge in [0.25, 0.3) is 5.60 Å². The quantitative estimate of drug-likeness (QED) is 0.432. The van der Waals surface area contributed by atoms with Crippen molar-refractivity contribution >= 4 is 17.9 Å². The van der Waals surface area contributed by atoms with Crippen LogP contribution in [0.2, 0.25) is 0 Å². The molecule has 9 nitrogen and oxygen atoms in total. The highest BCUT2D eigenvalue weighted by Gasteiger charge is 2.77. The lowest BCUT2D eigenvalue weighted by Crippen LogP contribution is -2.65. The average molecular weight is 290 g/mol. The summed E-state index contributed by atoms with van der Waals surface area (Å²) in [4.78, 5) is 35.5. The molecule has 2 aliphatic rings. The first-order chi connectivity index (χ1) is 9.33. The SMILES string of the molecule is COC(=O)[C@@H]1OC(=O)[C@@]2(CCC(O)O2)[C@]1(O)C(=O)OC. The summed E-state index contributed by atoms with van der Waals surface area (Å²) >= 11 is 0. The molecule has 2 fully saturated rings. The number of cyclic esters (lactones) is 1. The summed E-state index contributed by atoms with van der Waals surface area (Å²) in [6, 6.07) is 0. The maximum Gasteiger partial charge on any atom is 0.351 e. The van der Waals surface area contributed by atoms with Crippen LogP contribution in [0.1, 0.15) is 12.8 Å². The molecular weight excluding hydrogens is 276 g/mol. The molecule has 0 saturated carbocycles. The fraction of sp³-hybridized carbons (Fsp3) is 0.727. The molecule has 9 heteroatoms. The van der Waals surface area contributed by atoms with E-state index in [-0.39, 0.29) is 12.8 Å². The molecule has 4 atom stereocenters. The van der Waals surface area contributed by atoms with E-state index >= 15 is 0 Å². The maximum atomic E-state index is 12.0. The van der Waals surface area contributed by atoms with Gasteiger partial charge in [-0.25, -0.2) is 14.4 Å². The molecule has 0 aromatic rings. The number of carbonyl (C=O) groups is 3. The maximum absolute atomic E-state index is 12.0. The highest BCUT2D eigenvalue weighted by atomic mass is 16.7. The van der Waals surface area contributed by atoms with Gasteiger partial charge in [-0.15, -0.1) is 0 Å². The highest BCUT2D eigenvalue weighted by Crippen LogP contribution is 2.47. The summed E-state index contributed by atoms with van der Waals surface area (Å²) in [5.41, 5.74) is -4.90. The number of carbonyl (C=O) groups excluding carboxylic acids is 3. The van der Waals surface area contributed by atoms with E-state index in [4.69, 9.17) is 9.47 Å². The van der Waals surface area contributed by atoms with Crippen molar-refractivity contribution in [2.24, 2.45) is 0 Å². The Labute approximate surface area is 113 Å². The minimum atomic E-state index is -2.72. The van der Waals surface area contributed by atoms with Gasteiger partial charge in [0.05, 0.1) is 14.2 Å². The van der Waals surface area contributed by atoms with Crippen LogP contribution in [0.25, 0.3) is 0 Å². The number of rotatable bonds is 2. The van der Waals surface area contributed by atoms with E-state index in [1.807, 2.05) is 0 Å². The van der Waals surface area contributed by atoms with Gasteiger partial charge in [-0.05, 0) is 6.42 Å². The molecule has 112 valence electrons. The number of hydrogen-bond donors (Lipinski definition) is 2. The fourth-order valence-corrected chi connectivity index (χ4v) is 2.52. The van der Waals surface area contributed by atoms with Crippen molar-refractivity contribution in [3.05, 3.63) is 0 Å². The van der Waals surface area contributed by atoms with E-state index in [9.17, 15) is 24.6 Å². The van der Waals surface area contributed by atoms with E-state index in [0.717, 1.165) is 14.2 Å². The monoisotopic (exact) mass is 290 g/mol. The summed E-state index contributed by atoms with van der Waals surface area (Å²) in [5.74, 6) is -3.54. The van der Waals surface area contributed by atoms with Gasteiger partial charge in [0, 0.05) is 6.42 Å². The minimum absolute atomic E-state index is 0.0116. The van der Waals surface area contributed by atoms with Crippen molar-refractivity contribution in [2.75, 3.05) is 14.2 Å². The van der Waals surface area contributed by atoms with Gasteiger partial charge < -0.3 is 29.2 Å². The summed E-state index contributed by atoms with van der Waals surface area (Å²) in [5, 5.41) is 20.0. The Morgan fingerprint density at radius 3 is 2.45 bits per heavy atom. The predicted octanol–water partition coefficient (Wildman–Crippen LogP) is -2.14. The number of aliphatic hydroxyl groups excluding tert-OH is 1. The van der Waals surface area contributed by atoms with Gasteiger partial charge in [-0.1, -0.05) is 0 Å². The molecule has 0 aliphatic carbocycles. The van der Waals surface area contributed by atoms with Crippen LogP contribution in [0, 0.1) is 0 Å². The third-order valence-corrected chi connectivity index (χ3v) is 3.54. The van der Waals surface area contributed by atoms with Crippen LogP contribution in [0.3, 0.4) is 0 Å². The summed E-state index contributed by atoms with van der Waals surface area (Å²) in [6.45, 7) is 0. The van der Waals surface area contributed by atoms with Crippen LogP contribution in [0.15, 0.2) is 0 Å². The predicted molar refractivity (Wildman–Crippen MR) is 57.9 cm³/mol. The largest absolute Gasteiger partial charge is 0.467 e. The van der Waals surface area contributed by atoms with Crippen LogP contribution >= 0.6 is 0 Å². The van der Waals surface area contributed by atoms with E-state index < -0.39 is 41.5 Å². The zero-order valence-electron chi connectivity index (χ0n) is 10.8. The third kappa shape index (κ3) is 1.63. The number of ether oxygens (including phenoxy) is 4. The van der Waals surface area contributed by atoms with E-state index in [2.05, 4.69) is 9.47 Å². The van der Waals surface area contributed by atoms with Crippen LogP contribution in [-0.2, 0) is 33.3 Å². The number of methoxy groups -OCH3 is 2. The molecule has 0 bridgehead atoms. The van der Waals surface area contributed by atoms with Gasteiger partial charge in [0.2, 0.25) is 11.7 Å². The highest BCUT2D eigenvalue weighted by molar-refractivity contribution is 6.02. The molecule has 0 amide bonds. The second kappa shape index (κ2) is 4.69. The molecular formula is C11H14O9. The molecule has 0 aromatic heterocycles. The van der Waals surface area contributed by atoms with Crippen molar-refractivity contribution < 1.29 is 43.5 Å². The lowest BCUT2D eigenvalue weighted by Gasteiger charge is -2.33. The Bertz CT molecular complexity index is 459. The van der Waals surface area contributed by atoms with Crippen molar-refractivity contribution in [1.29, 1.82) is 0 Å². The Kier molecular flexibility index (Phi) is 3.44. The number of esters is 3. The minimum Gasteiger partial charge on any atom is -0.467 e. The molecule has 2 N–H and O–H groups in total. The number of aliphatic hydroxyl groups is 2. The first kappa shape index (κ1) is 14.7. The van der Waals surface area contributed by atoms with Gasteiger partial charge in [0.15, 0.2) is 6.29 Å². The topological polar surface area (TPSA) is 129 Å². The second-order valence-corrected chi connectivity index (χ2v) is 4.50. The summed E-state index contributed by atoms with van der Waals surface area (Å²) in [7, 11) is 1.97. The molecule has 2 aliphatic heterocycles. The second-order valence-electron chi connectivity index (χ2n) is 4.50. The molecule has 2 saturated heterocycles. The number of hydrogen-bond acceptors (Lipinski definition) is 9. The third-order valence-electron chi connectivity index (χ3n) is 3.54. The first-order valence-corrected chi connectivity index (χ1v) is 5.79. The molecule has 0 aromatic carbocycles. The lowest BCUT2D eigenvalue weighted by atomic mass is 9.79. The standard InChI is InChI=1S/C11H14O9/c1-17-7(13)6-11(16,9(15)18-2)10(8(14)19-6)4-3-5(12)20-10/h5-6,12,16H,3-4H2,1-2H3/t5?,6-,10-,11+/m0/s1. The van der Waals surface area contributed by atoms with Gasteiger partial charge in [-0.2, -0.15) is 0 Å². The van der Waals surface area contributed by atoms with Gasteiger partial charge in [-0.3, -0.25) is 0 Å². The lowest BCUT2D eigenvalue weighted by molar-refractivity contribution is -0.219. The summed E-state index contributed by atoms with van der Waals surface area (Å²) in [6.07, 6.45) is -3.50. The normalized spacial score (nSPS) is 39.7.